The molecule has 6 nitrogen and oxygen atoms in total. The largest absolute Gasteiger partial charge is 0.345 e. The molecule has 0 radical (unpaired) electrons. The first-order chi connectivity index (χ1) is 14.6. The first kappa shape index (κ1) is 23.4. The van der Waals surface area contributed by atoms with Crippen molar-refractivity contribution in [2.45, 2.75) is 45.1 Å². The lowest BCUT2D eigenvalue weighted by Crippen LogP contribution is -2.47. The van der Waals surface area contributed by atoms with Gasteiger partial charge in [-0.3, -0.25) is 4.79 Å². The molecular formula is C24H33N3O3S. The number of nitrogens with zero attached hydrogens (tertiary/aromatic N) is 2. The molecule has 168 valence electrons. The maximum absolute atomic E-state index is 13.2. The Labute approximate surface area is 186 Å². The van der Waals surface area contributed by atoms with Crippen molar-refractivity contribution in [2.75, 3.05) is 33.2 Å². The Balaban J connectivity index is 1.85. The molecule has 1 N–H and O–H groups in total. The number of hydrogen-bond donors (Lipinski definition) is 1. The second kappa shape index (κ2) is 9.51. The Morgan fingerprint density at radius 2 is 1.68 bits per heavy atom. The second-order valence-electron chi connectivity index (χ2n) is 8.48. The van der Waals surface area contributed by atoms with E-state index in [0.29, 0.717) is 37.3 Å². The van der Waals surface area contributed by atoms with Crippen LogP contribution in [0.25, 0.3) is 0 Å². The molecule has 2 aromatic carbocycles. The summed E-state index contributed by atoms with van der Waals surface area (Å²) >= 11 is 0. The molecule has 0 spiro atoms. The topological polar surface area (TPSA) is 69.7 Å². The van der Waals surface area contributed by atoms with Crippen LogP contribution in [0.15, 0.2) is 41.3 Å². The van der Waals surface area contributed by atoms with Crippen molar-refractivity contribution in [3.8, 4) is 0 Å². The first-order valence-corrected chi connectivity index (χ1v) is 12.2. The molecule has 0 bridgehead atoms. The number of aryl methyl sites for hydroxylation is 3. The van der Waals surface area contributed by atoms with Crippen molar-refractivity contribution in [3.63, 3.8) is 0 Å². The van der Waals surface area contributed by atoms with E-state index in [-0.39, 0.29) is 16.8 Å². The van der Waals surface area contributed by atoms with E-state index in [0.717, 1.165) is 17.5 Å². The Hall–Kier alpha value is -2.22. The lowest BCUT2D eigenvalue weighted by atomic mass is 9.97. The predicted octanol–water partition coefficient (Wildman–Crippen LogP) is 3.43. The molecule has 1 aliphatic heterocycles. The number of rotatable bonds is 6. The average Bonchev–Trinajstić information content (AvgIpc) is 2.72. The van der Waals surface area contributed by atoms with Gasteiger partial charge < -0.3 is 10.2 Å². The summed E-state index contributed by atoms with van der Waals surface area (Å²) in [5, 5.41) is 3.09. The number of amides is 1. The highest BCUT2D eigenvalue weighted by Crippen LogP contribution is 2.25. The van der Waals surface area contributed by atoms with E-state index >= 15 is 0 Å². The first-order valence-electron chi connectivity index (χ1n) is 10.8. The van der Waals surface area contributed by atoms with Gasteiger partial charge in [-0.1, -0.05) is 36.8 Å². The van der Waals surface area contributed by atoms with Crippen LogP contribution in [0.2, 0.25) is 0 Å². The number of sulfonamides is 1. The van der Waals surface area contributed by atoms with Gasteiger partial charge in [0.2, 0.25) is 10.0 Å². The van der Waals surface area contributed by atoms with Gasteiger partial charge in [0.25, 0.3) is 5.91 Å². The fourth-order valence-corrected chi connectivity index (χ4v) is 5.72. The monoisotopic (exact) mass is 443 g/mol. The maximum Gasteiger partial charge on any atom is 0.251 e. The number of carbonyl (C=O) groups excluding carboxylic acids is 1. The molecule has 7 heteroatoms. The van der Waals surface area contributed by atoms with Crippen LogP contribution in [0.3, 0.4) is 0 Å². The number of nitrogens with one attached hydrogen (secondary N) is 1. The van der Waals surface area contributed by atoms with E-state index in [1.54, 1.807) is 19.1 Å². The molecular weight excluding hydrogens is 410 g/mol. The number of carbonyl (C=O) groups is 1. The van der Waals surface area contributed by atoms with Crippen LogP contribution >= 0.6 is 0 Å². The van der Waals surface area contributed by atoms with Crippen molar-refractivity contribution in [1.29, 1.82) is 0 Å². The van der Waals surface area contributed by atoms with Crippen molar-refractivity contribution >= 4 is 15.9 Å². The highest BCUT2D eigenvalue weighted by Gasteiger charge is 2.29. The molecule has 3 rings (SSSR count). The summed E-state index contributed by atoms with van der Waals surface area (Å²) in [6, 6.07) is 11.0. The quantitative estimate of drug-likeness (QED) is 0.743. The third-order valence-corrected chi connectivity index (χ3v) is 8.09. The minimum atomic E-state index is -3.64. The number of hydrogen-bond acceptors (Lipinski definition) is 4. The normalized spacial score (nSPS) is 16.8. The van der Waals surface area contributed by atoms with Gasteiger partial charge in [0.1, 0.15) is 0 Å². The molecule has 1 amide bonds. The molecule has 0 unspecified atom stereocenters. The van der Waals surface area contributed by atoms with Gasteiger partial charge in [-0.15, -0.1) is 0 Å². The standard InChI is InChI=1S/C24H33N3O3S/c1-6-22(21-10-7-17(2)15-19(21)4)25-24(28)20-9-8-18(3)23(16-20)31(29,30)27-13-11-26(5)12-14-27/h7-10,15-16,22H,6,11-14H2,1-5H3,(H,25,28)/t22-/m0/s1. The fourth-order valence-electron chi connectivity index (χ4n) is 4.04. The highest BCUT2D eigenvalue weighted by molar-refractivity contribution is 7.89. The van der Waals surface area contributed by atoms with Crippen LogP contribution < -0.4 is 5.32 Å². The van der Waals surface area contributed by atoms with Gasteiger partial charge in [-0.25, -0.2) is 8.42 Å². The zero-order valence-electron chi connectivity index (χ0n) is 19.1. The van der Waals surface area contributed by atoms with Crippen LogP contribution in [-0.4, -0.2) is 56.8 Å². The minimum absolute atomic E-state index is 0.132. The summed E-state index contributed by atoms with van der Waals surface area (Å²) in [6.45, 7) is 10.2. The van der Waals surface area contributed by atoms with Gasteiger partial charge in [0.05, 0.1) is 10.9 Å². The molecule has 2 aromatic rings. The Morgan fingerprint density at radius 1 is 1.00 bits per heavy atom. The third kappa shape index (κ3) is 5.17. The summed E-state index contributed by atoms with van der Waals surface area (Å²) in [5.74, 6) is -0.262. The number of benzene rings is 2. The van der Waals surface area contributed by atoms with E-state index in [1.807, 2.05) is 33.9 Å². The van der Waals surface area contributed by atoms with E-state index in [4.69, 9.17) is 0 Å². The molecule has 1 heterocycles. The van der Waals surface area contributed by atoms with Crippen molar-refractivity contribution in [2.24, 2.45) is 0 Å². The SMILES string of the molecule is CC[C@H](NC(=O)c1ccc(C)c(S(=O)(=O)N2CCN(C)CC2)c1)c1ccc(C)cc1C. The van der Waals surface area contributed by atoms with Crippen molar-refractivity contribution < 1.29 is 13.2 Å². The molecule has 0 aliphatic carbocycles. The van der Waals surface area contributed by atoms with E-state index in [1.165, 1.54) is 15.9 Å². The Bertz CT molecular complexity index is 1060. The van der Waals surface area contributed by atoms with E-state index < -0.39 is 10.0 Å². The maximum atomic E-state index is 13.2. The van der Waals surface area contributed by atoms with Gasteiger partial charge >= 0.3 is 0 Å². The van der Waals surface area contributed by atoms with Gasteiger partial charge in [-0.2, -0.15) is 4.31 Å². The van der Waals surface area contributed by atoms with Gasteiger partial charge in [0.15, 0.2) is 0 Å². The van der Waals surface area contributed by atoms with Crippen LogP contribution in [0.1, 0.15) is 52.0 Å². The van der Waals surface area contributed by atoms with Gasteiger partial charge in [-0.05, 0) is 63.1 Å². The average molecular weight is 444 g/mol. The Kier molecular flexibility index (Phi) is 7.19. The summed E-state index contributed by atoms with van der Waals surface area (Å²) in [6.07, 6.45) is 0.744. The second-order valence-corrected chi connectivity index (χ2v) is 10.4. The number of likely N-dealkylation sites (N-methyl/N-ethyl adjacent to an activating group) is 1. The third-order valence-electron chi connectivity index (χ3n) is 6.04. The number of piperazine rings is 1. The minimum Gasteiger partial charge on any atom is -0.345 e. The molecule has 31 heavy (non-hydrogen) atoms. The molecule has 0 saturated carbocycles. The van der Waals surface area contributed by atoms with Crippen LogP contribution in [0.5, 0.6) is 0 Å². The van der Waals surface area contributed by atoms with E-state index in [9.17, 15) is 13.2 Å². The zero-order valence-corrected chi connectivity index (χ0v) is 19.9. The highest BCUT2D eigenvalue weighted by atomic mass is 32.2. The summed E-state index contributed by atoms with van der Waals surface area (Å²) < 4.78 is 28.0. The Morgan fingerprint density at radius 3 is 2.29 bits per heavy atom. The van der Waals surface area contributed by atoms with Crippen LogP contribution in [-0.2, 0) is 10.0 Å². The van der Waals surface area contributed by atoms with Crippen LogP contribution in [0, 0.1) is 20.8 Å². The van der Waals surface area contributed by atoms with Gasteiger partial charge in [0, 0.05) is 31.7 Å². The summed E-state index contributed by atoms with van der Waals surface area (Å²) in [7, 11) is -1.66. The lowest BCUT2D eigenvalue weighted by Gasteiger charge is -2.32. The predicted molar refractivity (Wildman–Crippen MR) is 124 cm³/mol. The molecule has 1 atom stereocenters. The van der Waals surface area contributed by atoms with Crippen molar-refractivity contribution in [3.05, 3.63) is 64.2 Å². The summed E-state index contributed by atoms with van der Waals surface area (Å²) in [5.41, 5.74) is 4.41. The molecule has 1 saturated heterocycles. The smallest absolute Gasteiger partial charge is 0.251 e. The van der Waals surface area contributed by atoms with E-state index in [2.05, 4.69) is 22.3 Å². The fraction of sp³-hybridized carbons (Fsp3) is 0.458. The summed E-state index contributed by atoms with van der Waals surface area (Å²) in [4.78, 5) is 15.4. The molecule has 1 fully saturated rings. The van der Waals surface area contributed by atoms with Crippen LogP contribution in [0.4, 0.5) is 0 Å². The zero-order chi connectivity index (χ0) is 22.8. The molecule has 1 aliphatic rings. The molecule has 0 aromatic heterocycles. The van der Waals surface area contributed by atoms with Crippen molar-refractivity contribution in [1.82, 2.24) is 14.5 Å². The lowest BCUT2D eigenvalue weighted by molar-refractivity contribution is 0.0935.